The molecule has 110 valence electrons. The molecule has 0 saturated carbocycles. The summed E-state index contributed by atoms with van der Waals surface area (Å²) in [6, 6.07) is 1.87. The molecule has 1 aromatic heterocycles. The number of hydrogen-bond acceptors (Lipinski definition) is 3. The molecule has 0 aliphatic carbocycles. The Bertz CT molecular complexity index is 478. The summed E-state index contributed by atoms with van der Waals surface area (Å²) in [4.78, 5) is 19.0. The number of anilines is 1. The quantitative estimate of drug-likeness (QED) is 0.892. The molecule has 2 rings (SSSR count). The van der Waals surface area contributed by atoms with Crippen LogP contribution in [0.2, 0.25) is 0 Å². The summed E-state index contributed by atoms with van der Waals surface area (Å²) >= 11 is 3.41. The summed E-state index contributed by atoms with van der Waals surface area (Å²) in [6.45, 7) is 6.84. The molecule has 0 bridgehead atoms. The lowest BCUT2D eigenvalue weighted by atomic mass is 10.1. The van der Waals surface area contributed by atoms with Crippen molar-refractivity contribution in [2.45, 2.75) is 33.1 Å². The Hall–Kier alpha value is -1.10. The van der Waals surface area contributed by atoms with E-state index in [-0.39, 0.29) is 5.91 Å². The normalized spacial score (nSPS) is 18.4. The molecule has 5 heteroatoms. The number of pyridine rings is 1. The van der Waals surface area contributed by atoms with Gasteiger partial charge in [-0.2, -0.15) is 0 Å². The van der Waals surface area contributed by atoms with Crippen molar-refractivity contribution < 1.29 is 4.79 Å². The molecule has 0 aromatic carbocycles. The van der Waals surface area contributed by atoms with Crippen molar-refractivity contribution in [3.8, 4) is 0 Å². The van der Waals surface area contributed by atoms with E-state index in [1.807, 2.05) is 11.0 Å². The van der Waals surface area contributed by atoms with Crippen molar-refractivity contribution in [2.75, 3.05) is 25.0 Å². The number of nitrogens with one attached hydrogen (secondary N) is 1. The van der Waals surface area contributed by atoms with E-state index in [1.54, 1.807) is 6.20 Å². The lowest BCUT2D eigenvalue weighted by Crippen LogP contribution is -2.29. The molecule has 1 aliphatic rings. The molecule has 1 amide bonds. The van der Waals surface area contributed by atoms with E-state index in [2.05, 4.69) is 40.1 Å². The molecular formula is C15H22BrN3O. The Labute approximate surface area is 129 Å². The van der Waals surface area contributed by atoms with Crippen molar-refractivity contribution in [3.63, 3.8) is 0 Å². The van der Waals surface area contributed by atoms with Gasteiger partial charge in [-0.3, -0.25) is 4.79 Å². The van der Waals surface area contributed by atoms with Gasteiger partial charge < -0.3 is 10.2 Å². The van der Waals surface area contributed by atoms with Crippen LogP contribution in [0.5, 0.6) is 0 Å². The molecule has 1 unspecified atom stereocenters. The van der Waals surface area contributed by atoms with E-state index < -0.39 is 0 Å². The lowest BCUT2D eigenvalue weighted by Gasteiger charge is -2.18. The Morgan fingerprint density at radius 2 is 2.35 bits per heavy atom. The summed E-state index contributed by atoms with van der Waals surface area (Å²) in [7, 11) is 0. The van der Waals surface area contributed by atoms with Crippen molar-refractivity contribution in [2.24, 2.45) is 5.92 Å². The summed E-state index contributed by atoms with van der Waals surface area (Å²) in [6.07, 6.45) is 4.99. The minimum atomic E-state index is 0.0911. The number of likely N-dealkylation sites (tertiary alicyclic amines) is 1. The number of halogens is 1. The van der Waals surface area contributed by atoms with Gasteiger partial charge in [0.1, 0.15) is 5.82 Å². The van der Waals surface area contributed by atoms with Gasteiger partial charge in [0, 0.05) is 30.3 Å². The van der Waals surface area contributed by atoms with Gasteiger partial charge in [0.25, 0.3) is 5.91 Å². The Balaban J connectivity index is 2.17. The average Bonchev–Trinajstić information content (AvgIpc) is 2.94. The number of carbonyl (C=O) groups is 1. The number of aromatic nitrogens is 1. The minimum Gasteiger partial charge on any atom is -0.369 e. The van der Waals surface area contributed by atoms with E-state index in [1.165, 1.54) is 0 Å². The molecule has 20 heavy (non-hydrogen) atoms. The van der Waals surface area contributed by atoms with E-state index in [4.69, 9.17) is 0 Å². The van der Waals surface area contributed by atoms with Crippen LogP contribution in [0.15, 0.2) is 16.7 Å². The number of amides is 1. The standard InChI is InChI=1S/C15H22BrN3O/c1-3-6-17-14-13(8-12(16)9-18-14)15(20)19-7-5-11(4-2)10-19/h8-9,11H,3-7,10H2,1-2H3,(H,17,18). The van der Waals surface area contributed by atoms with Crippen molar-refractivity contribution in [1.82, 2.24) is 9.88 Å². The molecule has 1 atom stereocenters. The molecule has 1 N–H and O–H groups in total. The fraction of sp³-hybridized carbons (Fsp3) is 0.600. The van der Waals surface area contributed by atoms with Crippen LogP contribution in [0, 0.1) is 5.92 Å². The van der Waals surface area contributed by atoms with Crippen LogP contribution in [-0.4, -0.2) is 35.4 Å². The second-order valence-corrected chi connectivity index (χ2v) is 6.21. The second-order valence-electron chi connectivity index (χ2n) is 5.29. The first-order chi connectivity index (χ1) is 9.65. The summed E-state index contributed by atoms with van der Waals surface area (Å²) < 4.78 is 0.842. The molecule has 1 aliphatic heterocycles. The second kappa shape index (κ2) is 7.07. The van der Waals surface area contributed by atoms with Gasteiger partial charge in [-0.1, -0.05) is 20.3 Å². The highest BCUT2D eigenvalue weighted by molar-refractivity contribution is 9.10. The molecule has 2 heterocycles. The highest BCUT2D eigenvalue weighted by Gasteiger charge is 2.27. The van der Waals surface area contributed by atoms with Gasteiger partial charge in [-0.25, -0.2) is 4.98 Å². The molecule has 0 spiro atoms. The number of hydrogen-bond donors (Lipinski definition) is 1. The molecule has 1 aromatic rings. The third kappa shape index (κ3) is 3.51. The summed E-state index contributed by atoms with van der Waals surface area (Å²) in [5.41, 5.74) is 0.671. The van der Waals surface area contributed by atoms with Crippen LogP contribution in [0.25, 0.3) is 0 Å². The topological polar surface area (TPSA) is 45.2 Å². The van der Waals surface area contributed by atoms with Crippen LogP contribution in [-0.2, 0) is 0 Å². The van der Waals surface area contributed by atoms with Crippen LogP contribution in [0.3, 0.4) is 0 Å². The SMILES string of the molecule is CCCNc1ncc(Br)cc1C(=O)N1CCC(CC)C1. The Morgan fingerprint density at radius 1 is 1.55 bits per heavy atom. The lowest BCUT2D eigenvalue weighted by molar-refractivity contribution is 0.0787. The highest BCUT2D eigenvalue weighted by Crippen LogP contribution is 2.25. The van der Waals surface area contributed by atoms with Gasteiger partial charge >= 0.3 is 0 Å². The fourth-order valence-electron chi connectivity index (χ4n) is 2.51. The predicted molar refractivity (Wildman–Crippen MR) is 85.0 cm³/mol. The van der Waals surface area contributed by atoms with Crippen molar-refractivity contribution in [1.29, 1.82) is 0 Å². The van der Waals surface area contributed by atoms with E-state index in [9.17, 15) is 4.79 Å². The minimum absolute atomic E-state index is 0.0911. The maximum atomic E-state index is 12.7. The van der Waals surface area contributed by atoms with Crippen LogP contribution >= 0.6 is 15.9 Å². The van der Waals surface area contributed by atoms with Crippen molar-refractivity contribution >= 4 is 27.7 Å². The summed E-state index contributed by atoms with van der Waals surface area (Å²) in [5, 5.41) is 3.24. The van der Waals surface area contributed by atoms with E-state index in [0.29, 0.717) is 17.3 Å². The number of nitrogens with zero attached hydrogens (tertiary/aromatic N) is 2. The maximum Gasteiger partial charge on any atom is 0.257 e. The Morgan fingerprint density at radius 3 is 3.00 bits per heavy atom. The molecule has 0 radical (unpaired) electrons. The third-order valence-electron chi connectivity index (χ3n) is 3.78. The molecular weight excluding hydrogens is 318 g/mol. The third-order valence-corrected chi connectivity index (χ3v) is 4.21. The van der Waals surface area contributed by atoms with Gasteiger partial charge in [0.15, 0.2) is 0 Å². The zero-order chi connectivity index (χ0) is 14.5. The smallest absolute Gasteiger partial charge is 0.257 e. The fourth-order valence-corrected chi connectivity index (χ4v) is 2.84. The first-order valence-electron chi connectivity index (χ1n) is 7.34. The van der Waals surface area contributed by atoms with Crippen molar-refractivity contribution in [3.05, 3.63) is 22.3 Å². The highest BCUT2D eigenvalue weighted by atomic mass is 79.9. The van der Waals surface area contributed by atoms with Crippen LogP contribution in [0.4, 0.5) is 5.82 Å². The van der Waals surface area contributed by atoms with Crippen LogP contribution < -0.4 is 5.32 Å². The first-order valence-corrected chi connectivity index (χ1v) is 8.13. The van der Waals surface area contributed by atoms with Gasteiger partial charge in [-0.05, 0) is 40.8 Å². The van der Waals surface area contributed by atoms with Gasteiger partial charge in [0.2, 0.25) is 0 Å². The maximum absolute atomic E-state index is 12.7. The summed E-state index contributed by atoms with van der Waals surface area (Å²) in [5.74, 6) is 1.43. The average molecular weight is 340 g/mol. The zero-order valence-electron chi connectivity index (χ0n) is 12.2. The first kappa shape index (κ1) is 15.3. The largest absolute Gasteiger partial charge is 0.369 e. The number of carbonyl (C=O) groups excluding carboxylic acids is 1. The predicted octanol–water partition coefficient (Wildman–Crippen LogP) is 3.54. The van der Waals surface area contributed by atoms with E-state index in [0.717, 1.165) is 43.4 Å². The van der Waals surface area contributed by atoms with Gasteiger partial charge in [-0.15, -0.1) is 0 Å². The van der Waals surface area contributed by atoms with Crippen LogP contribution in [0.1, 0.15) is 43.5 Å². The Kier molecular flexibility index (Phi) is 5.40. The molecule has 4 nitrogen and oxygen atoms in total. The van der Waals surface area contributed by atoms with E-state index >= 15 is 0 Å². The van der Waals surface area contributed by atoms with Gasteiger partial charge in [0.05, 0.1) is 5.56 Å². The number of rotatable bonds is 5. The zero-order valence-corrected chi connectivity index (χ0v) is 13.7. The molecule has 1 saturated heterocycles. The monoisotopic (exact) mass is 339 g/mol. The molecule has 1 fully saturated rings.